The molecule has 3 rings (SSSR count). The molecule has 1 aliphatic heterocycles. The van der Waals surface area contributed by atoms with Crippen molar-refractivity contribution < 1.29 is 29.3 Å². The first kappa shape index (κ1) is 22.3. The smallest absolute Gasteiger partial charge is 0.410 e. The number of esters is 1. The number of carbonyl (C=O) groups excluding carboxylic acids is 2. The number of hydrogen-bond acceptors (Lipinski definition) is 7. The number of rotatable bonds is 3. The number of piperazine rings is 1. The molecule has 1 fully saturated rings. The van der Waals surface area contributed by atoms with Crippen LogP contribution in [0.25, 0.3) is 17.1 Å². The third-order valence-corrected chi connectivity index (χ3v) is 5.09. The lowest BCUT2D eigenvalue weighted by Crippen LogP contribution is -2.53. The average molecular weight is 431 g/mol. The molecule has 0 saturated carbocycles. The molecule has 2 N–H and O–H groups in total. The van der Waals surface area contributed by atoms with Gasteiger partial charge in [0.25, 0.3) is 0 Å². The molecular formula is C22H29N3O6. The quantitative estimate of drug-likeness (QED) is 0.719. The van der Waals surface area contributed by atoms with Crippen molar-refractivity contribution in [2.75, 3.05) is 26.7 Å². The SMILES string of the molecule is COC(=O)c1ccc2c(O)c(O)n(C=CN3CCN(C(=O)OC(C)(C)C)[C@H](C)C3)c2c1. The number of carbonyl (C=O) groups is 2. The van der Waals surface area contributed by atoms with Crippen molar-refractivity contribution in [3.63, 3.8) is 0 Å². The van der Waals surface area contributed by atoms with E-state index in [1.165, 1.54) is 17.7 Å². The Kier molecular flexibility index (Phi) is 6.06. The molecule has 2 heterocycles. The maximum absolute atomic E-state index is 12.4. The molecule has 31 heavy (non-hydrogen) atoms. The summed E-state index contributed by atoms with van der Waals surface area (Å²) < 4.78 is 11.6. The lowest BCUT2D eigenvalue weighted by Gasteiger charge is -2.39. The molecule has 0 bridgehead atoms. The maximum Gasteiger partial charge on any atom is 0.410 e. The zero-order chi connectivity index (χ0) is 22.9. The highest BCUT2D eigenvalue weighted by Gasteiger charge is 2.30. The molecule has 1 aromatic heterocycles. The molecule has 9 heteroatoms. The first-order valence-electron chi connectivity index (χ1n) is 10.1. The van der Waals surface area contributed by atoms with Gasteiger partial charge in [-0.05, 0) is 45.9 Å². The van der Waals surface area contributed by atoms with Crippen molar-refractivity contribution in [1.29, 1.82) is 0 Å². The third-order valence-electron chi connectivity index (χ3n) is 5.09. The van der Waals surface area contributed by atoms with E-state index in [0.29, 0.717) is 36.1 Å². The number of nitrogens with zero attached hydrogens (tertiary/aromatic N) is 3. The van der Waals surface area contributed by atoms with Gasteiger partial charge in [0.05, 0.1) is 18.2 Å². The minimum atomic E-state index is -0.550. The number of hydrogen-bond donors (Lipinski definition) is 2. The number of methoxy groups -OCH3 is 1. The van der Waals surface area contributed by atoms with E-state index in [0.717, 1.165) is 0 Å². The summed E-state index contributed by atoms with van der Waals surface area (Å²) in [6, 6.07) is 4.57. The highest BCUT2D eigenvalue weighted by atomic mass is 16.6. The number of aromatic hydroxyl groups is 2. The van der Waals surface area contributed by atoms with Crippen LogP contribution >= 0.6 is 0 Å². The number of ether oxygens (including phenoxy) is 2. The predicted octanol–water partition coefficient (Wildman–Crippen LogP) is 3.21. The van der Waals surface area contributed by atoms with E-state index in [2.05, 4.69) is 0 Å². The normalized spacial score (nSPS) is 17.4. The Morgan fingerprint density at radius 1 is 1.16 bits per heavy atom. The fourth-order valence-electron chi connectivity index (χ4n) is 3.55. The van der Waals surface area contributed by atoms with Gasteiger partial charge < -0.3 is 29.5 Å². The van der Waals surface area contributed by atoms with Gasteiger partial charge in [0.2, 0.25) is 5.88 Å². The maximum atomic E-state index is 12.4. The highest BCUT2D eigenvalue weighted by molar-refractivity contribution is 5.98. The summed E-state index contributed by atoms with van der Waals surface area (Å²) in [6.45, 7) is 9.11. The monoisotopic (exact) mass is 431 g/mol. The fraction of sp³-hybridized carbons (Fsp3) is 0.455. The van der Waals surface area contributed by atoms with E-state index < -0.39 is 11.6 Å². The van der Waals surface area contributed by atoms with Gasteiger partial charge >= 0.3 is 12.1 Å². The molecule has 1 aliphatic rings. The molecule has 168 valence electrons. The molecule has 1 atom stereocenters. The summed E-state index contributed by atoms with van der Waals surface area (Å²) in [5, 5.41) is 21.0. The van der Waals surface area contributed by atoms with E-state index in [9.17, 15) is 19.8 Å². The zero-order valence-corrected chi connectivity index (χ0v) is 18.5. The second-order valence-corrected chi connectivity index (χ2v) is 8.58. The largest absolute Gasteiger partial charge is 0.503 e. The van der Waals surface area contributed by atoms with Crippen LogP contribution in [0.15, 0.2) is 24.4 Å². The second-order valence-electron chi connectivity index (χ2n) is 8.58. The van der Waals surface area contributed by atoms with E-state index in [1.54, 1.807) is 29.4 Å². The lowest BCUT2D eigenvalue weighted by molar-refractivity contribution is 0.00616. The van der Waals surface area contributed by atoms with Crippen molar-refractivity contribution in [3.8, 4) is 11.6 Å². The van der Waals surface area contributed by atoms with Crippen LogP contribution < -0.4 is 0 Å². The lowest BCUT2D eigenvalue weighted by atomic mass is 10.1. The van der Waals surface area contributed by atoms with Gasteiger partial charge in [-0.3, -0.25) is 4.57 Å². The van der Waals surface area contributed by atoms with E-state index in [4.69, 9.17) is 9.47 Å². The molecule has 0 unspecified atom stereocenters. The number of fused-ring (bicyclic) bond motifs is 1. The minimum absolute atomic E-state index is 0.0671. The van der Waals surface area contributed by atoms with Gasteiger partial charge in [-0.1, -0.05) is 0 Å². The number of amides is 1. The first-order chi connectivity index (χ1) is 14.5. The summed E-state index contributed by atoms with van der Waals surface area (Å²) >= 11 is 0. The summed E-state index contributed by atoms with van der Waals surface area (Å²) in [5.41, 5.74) is 0.225. The van der Waals surface area contributed by atoms with Crippen molar-refractivity contribution in [3.05, 3.63) is 30.0 Å². The van der Waals surface area contributed by atoms with Crippen LogP contribution in [-0.4, -0.2) is 75.0 Å². The molecular weight excluding hydrogens is 402 g/mol. The Morgan fingerprint density at radius 3 is 2.48 bits per heavy atom. The van der Waals surface area contributed by atoms with Crippen molar-refractivity contribution in [2.45, 2.75) is 39.3 Å². The molecule has 0 radical (unpaired) electrons. The molecule has 0 spiro atoms. The summed E-state index contributed by atoms with van der Waals surface area (Å²) in [5.74, 6) is -1.10. The van der Waals surface area contributed by atoms with Crippen LogP contribution in [0.1, 0.15) is 38.1 Å². The number of aromatic nitrogens is 1. The van der Waals surface area contributed by atoms with Gasteiger partial charge in [0.1, 0.15) is 5.60 Å². The second kappa shape index (κ2) is 8.41. The standard InChI is InChI=1S/C22H29N3O6/c1-14-13-23(8-10-24(14)21(29)31-22(2,3)4)9-11-25-17-12-15(20(28)30-5)6-7-16(17)18(26)19(25)27/h6-7,9,11-12,14,26-27H,8,10,13H2,1-5H3/t14-/m1/s1. The van der Waals surface area contributed by atoms with Gasteiger partial charge in [-0.2, -0.15) is 0 Å². The Labute approximate surface area is 181 Å². The molecule has 1 saturated heterocycles. The highest BCUT2D eigenvalue weighted by Crippen LogP contribution is 2.38. The van der Waals surface area contributed by atoms with Crippen LogP contribution in [0.3, 0.4) is 0 Å². The van der Waals surface area contributed by atoms with Crippen LogP contribution in [0, 0.1) is 0 Å². The Balaban J connectivity index is 1.79. The first-order valence-corrected chi connectivity index (χ1v) is 10.1. The topological polar surface area (TPSA) is 104 Å². The summed E-state index contributed by atoms with van der Waals surface area (Å²) in [4.78, 5) is 27.9. The van der Waals surface area contributed by atoms with E-state index in [1.807, 2.05) is 32.6 Å². The molecule has 0 aliphatic carbocycles. The zero-order valence-electron chi connectivity index (χ0n) is 18.5. The summed E-state index contributed by atoms with van der Waals surface area (Å²) in [6.07, 6.45) is 3.07. The molecule has 2 aromatic rings. The van der Waals surface area contributed by atoms with Gasteiger partial charge in [-0.25, -0.2) is 9.59 Å². The van der Waals surface area contributed by atoms with Crippen molar-refractivity contribution >= 4 is 29.2 Å². The fourth-order valence-corrected chi connectivity index (χ4v) is 3.55. The van der Waals surface area contributed by atoms with Gasteiger partial charge in [0.15, 0.2) is 5.75 Å². The molecule has 1 aromatic carbocycles. The van der Waals surface area contributed by atoms with Gasteiger partial charge in [-0.15, -0.1) is 0 Å². The predicted molar refractivity (Wildman–Crippen MR) is 116 cm³/mol. The summed E-state index contributed by atoms with van der Waals surface area (Å²) in [7, 11) is 1.29. The van der Waals surface area contributed by atoms with Gasteiger partial charge in [0, 0.05) is 43.5 Å². The van der Waals surface area contributed by atoms with Crippen molar-refractivity contribution in [1.82, 2.24) is 14.4 Å². The number of benzene rings is 1. The molecule has 9 nitrogen and oxygen atoms in total. The van der Waals surface area contributed by atoms with E-state index in [-0.39, 0.29) is 23.8 Å². The van der Waals surface area contributed by atoms with E-state index >= 15 is 0 Å². The Hall–Kier alpha value is -3.36. The minimum Gasteiger partial charge on any atom is -0.503 e. The van der Waals surface area contributed by atoms with Crippen LogP contribution in [0.2, 0.25) is 0 Å². The Morgan fingerprint density at radius 2 is 1.87 bits per heavy atom. The average Bonchev–Trinajstić information content (AvgIpc) is 2.94. The van der Waals surface area contributed by atoms with Crippen LogP contribution in [-0.2, 0) is 9.47 Å². The van der Waals surface area contributed by atoms with Crippen LogP contribution in [0.4, 0.5) is 4.79 Å². The molecule has 1 amide bonds. The van der Waals surface area contributed by atoms with Crippen LogP contribution in [0.5, 0.6) is 11.6 Å². The van der Waals surface area contributed by atoms with Crippen molar-refractivity contribution in [2.24, 2.45) is 0 Å². The Bertz CT molecular complexity index is 1020. The third kappa shape index (κ3) is 4.70.